The number of rotatable bonds is 4. The predicted octanol–water partition coefficient (Wildman–Crippen LogP) is 3.99. The normalized spacial score (nSPS) is 12.5. The third kappa shape index (κ3) is 3.77. The molecule has 1 heterocycles. The van der Waals surface area contributed by atoms with Crippen LogP contribution in [-0.2, 0) is 0 Å². The molecular weight excluding hydrogens is 344 g/mol. The van der Waals surface area contributed by atoms with Crippen LogP contribution in [0.1, 0.15) is 31.1 Å². The molecule has 1 aromatic heterocycles. The largest absolute Gasteiger partial charge is 0.489 e. The van der Waals surface area contributed by atoms with Crippen LogP contribution in [0.5, 0.6) is 5.75 Å². The summed E-state index contributed by atoms with van der Waals surface area (Å²) in [6, 6.07) is 3.71. The van der Waals surface area contributed by atoms with Crippen molar-refractivity contribution < 1.29 is 18.6 Å². The lowest BCUT2D eigenvalue weighted by Gasteiger charge is -2.15. The van der Waals surface area contributed by atoms with E-state index >= 15 is 0 Å². The molecule has 1 unspecified atom stereocenters. The second kappa shape index (κ2) is 6.49. The molecule has 0 aliphatic rings. The van der Waals surface area contributed by atoms with Crippen molar-refractivity contribution in [2.24, 2.45) is 0 Å². The number of benzene rings is 1. The van der Waals surface area contributed by atoms with Gasteiger partial charge in [0, 0.05) is 16.2 Å². The van der Waals surface area contributed by atoms with Gasteiger partial charge in [0.2, 0.25) is 0 Å². The molecule has 0 fully saturated rings. The van der Waals surface area contributed by atoms with E-state index in [-0.39, 0.29) is 16.1 Å². The molecule has 112 valence electrons. The van der Waals surface area contributed by atoms with Gasteiger partial charge in [-0.25, -0.2) is 8.78 Å². The van der Waals surface area contributed by atoms with Crippen LogP contribution in [0.25, 0.3) is 0 Å². The summed E-state index contributed by atoms with van der Waals surface area (Å²) >= 11 is 3.00. The summed E-state index contributed by atoms with van der Waals surface area (Å²) < 4.78 is 33.5. The quantitative estimate of drug-likeness (QED) is 0.899. The van der Waals surface area contributed by atoms with Gasteiger partial charge in [-0.15, -0.1) is 0 Å². The number of nitrogens with zero attached hydrogens (tertiary/aromatic N) is 1. The molecule has 2 aromatic rings. The van der Waals surface area contributed by atoms with Gasteiger partial charge in [0.15, 0.2) is 0 Å². The van der Waals surface area contributed by atoms with Gasteiger partial charge in [-0.3, -0.25) is 4.98 Å². The van der Waals surface area contributed by atoms with E-state index in [1.807, 2.05) is 13.8 Å². The van der Waals surface area contributed by atoms with Crippen molar-refractivity contribution >= 4 is 15.9 Å². The Morgan fingerprint density at radius 1 is 1.14 bits per heavy atom. The number of hydrogen-bond acceptors (Lipinski definition) is 3. The number of hydrogen-bond donors (Lipinski definition) is 1. The lowest BCUT2D eigenvalue weighted by molar-refractivity contribution is 0.205. The van der Waals surface area contributed by atoms with E-state index in [0.717, 1.165) is 12.1 Å². The molecule has 2 rings (SSSR count). The Hall–Kier alpha value is -1.53. The number of aliphatic hydroxyl groups excluding tert-OH is 1. The molecule has 1 atom stereocenters. The second-order valence-electron chi connectivity index (χ2n) is 4.81. The predicted molar refractivity (Wildman–Crippen MR) is 78.1 cm³/mol. The first-order chi connectivity index (χ1) is 9.88. The van der Waals surface area contributed by atoms with E-state index < -0.39 is 23.3 Å². The summed E-state index contributed by atoms with van der Waals surface area (Å²) in [7, 11) is 0. The van der Waals surface area contributed by atoms with Gasteiger partial charge in [0.1, 0.15) is 23.5 Å². The number of pyridine rings is 1. The molecule has 0 aliphatic carbocycles. The van der Waals surface area contributed by atoms with Gasteiger partial charge in [-0.2, -0.15) is 0 Å². The topological polar surface area (TPSA) is 42.4 Å². The number of aromatic nitrogens is 1. The van der Waals surface area contributed by atoms with Crippen molar-refractivity contribution in [3.63, 3.8) is 0 Å². The Morgan fingerprint density at radius 2 is 1.76 bits per heavy atom. The van der Waals surface area contributed by atoms with Gasteiger partial charge in [-0.1, -0.05) is 15.9 Å². The molecule has 0 radical (unpaired) electrons. The van der Waals surface area contributed by atoms with Crippen molar-refractivity contribution in [1.29, 1.82) is 0 Å². The van der Waals surface area contributed by atoms with Crippen LogP contribution >= 0.6 is 15.9 Å². The summed E-state index contributed by atoms with van der Waals surface area (Å²) in [5.74, 6) is -1.23. The van der Waals surface area contributed by atoms with Gasteiger partial charge in [0.25, 0.3) is 0 Å². The van der Waals surface area contributed by atoms with Crippen LogP contribution in [0.15, 0.2) is 35.1 Å². The van der Waals surface area contributed by atoms with E-state index in [9.17, 15) is 13.9 Å². The maximum Gasteiger partial charge on any atom is 0.138 e. The van der Waals surface area contributed by atoms with Crippen molar-refractivity contribution in [2.45, 2.75) is 26.1 Å². The summed E-state index contributed by atoms with van der Waals surface area (Å²) in [4.78, 5) is 3.92. The fraction of sp³-hybridized carbons (Fsp3) is 0.267. The monoisotopic (exact) mass is 357 g/mol. The zero-order valence-corrected chi connectivity index (χ0v) is 13.1. The van der Waals surface area contributed by atoms with Gasteiger partial charge >= 0.3 is 0 Å². The fourth-order valence-corrected chi connectivity index (χ4v) is 2.30. The zero-order chi connectivity index (χ0) is 15.6. The summed E-state index contributed by atoms with van der Waals surface area (Å²) in [5.41, 5.74) is -0.157. The molecular formula is C15H14BrF2NO2. The van der Waals surface area contributed by atoms with Crippen LogP contribution in [0.4, 0.5) is 8.78 Å². The van der Waals surface area contributed by atoms with Gasteiger partial charge < -0.3 is 9.84 Å². The molecule has 1 aromatic carbocycles. The standard InChI is InChI=1S/C15H14BrF2NO2/c1-8(2)21-11-3-9(6-19-7-11)15(20)14-12(17)4-10(16)5-13(14)18/h3-8,15,20H,1-2H3. The maximum absolute atomic E-state index is 13.9. The Morgan fingerprint density at radius 3 is 2.33 bits per heavy atom. The Kier molecular flexibility index (Phi) is 4.90. The zero-order valence-electron chi connectivity index (χ0n) is 11.5. The van der Waals surface area contributed by atoms with Crippen LogP contribution < -0.4 is 4.74 Å². The molecule has 0 saturated carbocycles. The van der Waals surface area contributed by atoms with Gasteiger partial charge in [0.05, 0.1) is 17.9 Å². The van der Waals surface area contributed by atoms with Crippen molar-refractivity contribution in [3.05, 3.63) is 57.8 Å². The molecule has 3 nitrogen and oxygen atoms in total. The highest BCUT2D eigenvalue weighted by molar-refractivity contribution is 9.10. The summed E-state index contributed by atoms with van der Waals surface area (Å²) in [6.45, 7) is 3.69. The molecule has 0 amide bonds. The molecule has 21 heavy (non-hydrogen) atoms. The van der Waals surface area contributed by atoms with E-state index in [4.69, 9.17) is 4.74 Å². The lowest BCUT2D eigenvalue weighted by Crippen LogP contribution is -2.09. The molecule has 0 saturated heterocycles. The Bertz CT molecular complexity index is 626. The first kappa shape index (κ1) is 15.9. The minimum atomic E-state index is -1.46. The van der Waals surface area contributed by atoms with Gasteiger partial charge in [-0.05, 0) is 32.0 Å². The third-order valence-electron chi connectivity index (χ3n) is 2.74. The fourth-order valence-electron chi connectivity index (χ4n) is 1.90. The highest BCUT2D eigenvalue weighted by Gasteiger charge is 2.21. The minimum Gasteiger partial charge on any atom is -0.489 e. The average molecular weight is 358 g/mol. The van der Waals surface area contributed by atoms with Crippen LogP contribution in [0, 0.1) is 11.6 Å². The van der Waals surface area contributed by atoms with Crippen LogP contribution in [0.3, 0.4) is 0 Å². The molecule has 1 N–H and O–H groups in total. The smallest absolute Gasteiger partial charge is 0.138 e. The van der Waals surface area contributed by atoms with E-state index in [0.29, 0.717) is 5.75 Å². The number of aliphatic hydroxyl groups is 1. The molecule has 0 spiro atoms. The minimum absolute atomic E-state index is 0.0691. The van der Waals surface area contributed by atoms with Crippen LogP contribution in [0.2, 0.25) is 0 Å². The van der Waals surface area contributed by atoms with E-state index in [1.54, 1.807) is 0 Å². The highest BCUT2D eigenvalue weighted by Crippen LogP contribution is 2.30. The maximum atomic E-state index is 13.9. The molecule has 0 bridgehead atoms. The first-order valence-electron chi connectivity index (χ1n) is 6.32. The molecule has 6 heteroatoms. The van der Waals surface area contributed by atoms with Crippen LogP contribution in [-0.4, -0.2) is 16.2 Å². The van der Waals surface area contributed by atoms with Crippen molar-refractivity contribution in [1.82, 2.24) is 4.98 Å². The van der Waals surface area contributed by atoms with Crippen molar-refractivity contribution in [2.75, 3.05) is 0 Å². The molecule has 0 aliphatic heterocycles. The third-order valence-corrected chi connectivity index (χ3v) is 3.20. The Balaban J connectivity index is 2.38. The number of ether oxygens (including phenoxy) is 1. The number of halogens is 3. The second-order valence-corrected chi connectivity index (χ2v) is 5.72. The summed E-state index contributed by atoms with van der Waals surface area (Å²) in [5, 5.41) is 10.2. The van der Waals surface area contributed by atoms with E-state index in [1.165, 1.54) is 18.5 Å². The first-order valence-corrected chi connectivity index (χ1v) is 7.12. The SMILES string of the molecule is CC(C)Oc1cncc(C(O)c2c(F)cc(Br)cc2F)c1. The highest BCUT2D eigenvalue weighted by atomic mass is 79.9. The summed E-state index contributed by atoms with van der Waals surface area (Å²) in [6.07, 6.45) is 1.30. The van der Waals surface area contributed by atoms with E-state index in [2.05, 4.69) is 20.9 Å². The lowest BCUT2D eigenvalue weighted by atomic mass is 10.0. The van der Waals surface area contributed by atoms with Crippen molar-refractivity contribution in [3.8, 4) is 5.75 Å². The Labute approximate surface area is 129 Å². The average Bonchev–Trinajstić information content (AvgIpc) is 2.36.